The van der Waals surface area contributed by atoms with E-state index in [0.29, 0.717) is 43.4 Å². The maximum absolute atomic E-state index is 15.8. The third-order valence-corrected chi connectivity index (χ3v) is 8.22. The molecule has 8 nitrogen and oxygen atoms in total. The summed E-state index contributed by atoms with van der Waals surface area (Å²) >= 11 is 0. The molecule has 2 aliphatic rings. The molecule has 0 spiro atoms. The number of amides is 1. The summed E-state index contributed by atoms with van der Waals surface area (Å²) in [5.74, 6) is -2.38. The van der Waals surface area contributed by atoms with Crippen molar-refractivity contribution in [1.82, 2.24) is 14.9 Å². The number of hydrogen-bond acceptors (Lipinski definition) is 7. The van der Waals surface area contributed by atoms with Gasteiger partial charge in [0.05, 0.1) is 34.7 Å². The molecule has 0 saturated carbocycles. The van der Waals surface area contributed by atoms with Gasteiger partial charge in [-0.3, -0.25) is 9.69 Å². The number of carbonyl (C=O) groups is 1. The molecule has 13 heteroatoms. The van der Waals surface area contributed by atoms with Crippen LogP contribution in [-0.4, -0.2) is 78.3 Å². The minimum absolute atomic E-state index is 0.0165. The first-order valence-electron chi connectivity index (χ1n) is 14.4. The highest BCUT2D eigenvalue weighted by Gasteiger charge is 2.36. The van der Waals surface area contributed by atoms with Gasteiger partial charge < -0.3 is 19.9 Å². The summed E-state index contributed by atoms with van der Waals surface area (Å²) in [6.45, 7) is 10.1. The van der Waals surface area contributed by atoms with Gasteiger partial charge in [-0.2, -0.15) is 13.2 Å². The van der Waals surface area contributed by atoms with Crippen LogP contribution in [0.2, 0.25) is 0 Å². The van der Waals surface area contributed by atoms with Crippen LogP contribution in [0.1, 0.15) is 43.6 Å². The van der Waals surface area contributed by atoms with Crippen LogP contribution in [-0.2, 0) is 10.9 Å². The van der Waals surface area contributed by atoms with Crippen LogP contribution >= 0.6 is 0 Å². The molecule has 0 bridgehead atoms. The third kappa shape index (κ3) is 6.63. The zero-order valence-electron chi connectivity index (χ0n) is 25.1. The first kappa shape index (κ1) is 31.6. The average molecular weight is 619 g/mol. The number of likely N-dealkylation sites (N-methyl/N-ethyl adjacent to an activating group) is 1. The highest BCUT2D eigenvalue weighted by atomic mass is 19.4. The summed E-state index contributed by atoms with van der Waals surface area (Å²) in [6, 6.07) is 4.66. The van der Waals surface area contributed by atoms with Crippen molar-refractivity contribution in [2.24, 2.45) is 0 Å². The van der Waals surface area contributed by atoms with Crippen molar-refractivity contribution in [1.29, 1.82) is 0 Å². The molecule has 2 aromatic carbocycles. The predicted octanol–water partition coefficient (Wildman–Crippen LogP) is 5.84. The zero-order valence-corrected chi connectivity index (χ0v) is 25.1. The van der Waals surface area contributed by atoms with E-state index in [0.717, 1.165) is 12.1 Å². The molecule has 0 aliphatic carbocycles. The number of nitrogens with zero attached hydrogens (tertiary/aromatic N) is 5. The van der Waals surface area contributed by atoms with E-state index in [9.17, 15) is 22.4 Å². The lowest BCUT2D eigenvalue weighted by molar-refractivity contribution is -0.138. The van der Waals surface area contributed by atoms with Gasteiger partial charge in [0, 0.05) is 61.8 Å². The van der Waals surface area contributed by atoms with Crippen LogP contribution in [0.5, 0.6) is 0 Å². The van der Waals surface area contributed by atoms with Crippen molar-refractivity contribution >= 4 is 23.2 Å². The summed E-state index contributed by atoms with van der Waals surface area (Å²) in [6.07, 6.45) is -2.06. The van der Waals surface area contributed by atoms with Crippen molar-refractivity contribution in [3.8, 4) is 11.1 Å². The first-order valence-corrected chi connectivity index (χ1v) is 14.4. The summed E-state index contributed by atoms with van der Waals surface area (Å²) in [5, 5.41) is 2.56. The summed E-state index contributed by atoms with van der Waals surface area (Å²) in [4.78, 5) is 28.2. The topological polar surface area (TPSA) is 73.8 Å². The summed E-state index contributed by atoms with van der Waals surface area (Å²) in [7, 11) is 1.98. The molecule has 1 amide bonds. The van der Waals surface area contributed by atoms with Gasteiger partial charge in [-0.15, -0.1) is 0 Å². The van der Waals surface area contributed by atoms with Crippen molar-refractivity contribution < 1.29 is 31.5 Å². The van der Waals surface area contributed by atoms with Gasteiger partial charge >= 0.3 is 6.18 Å². The minimum Gasteiger partial charge on any atom is -0.372 e. The Labute approximate surface area is 252 Å². The Morgan fingerprint density at radius 3 is 2.11 bits per heavy atom. The second kappa shape index (κ2) is 12.3. The van der Waals surface area contributed by atoms with E-state index in [-0.39, 0.29) is 41.6 Å². The normalized spacial score (nSPS) is 23.1. The second-order valence-electron chi connectivity index (χ2n) is 11.7. The fourth-order valence-corrected chi connectivity index (χ4v) is 5.85. The summed E-state index contributed by atoms with van der Waals surface area (Å²) in [5.41, 5.74) is -1.36. The number of hydrogen-bond donors (Lipinski definition) is 1. The van der Waals surface area contributed by atoms with Crippen LogP contribution in [0.25, 0.3) is 11.1 Å². The lowest BCUT2D eigenvalue weighted by Gasteiger charge is -2.44. The molecular formula is C31H35F5N6O2. The number of ether oxygens (including phenoxy) is 1. The monoisotopic (exact) mass is 618 g/mol. The minimum atomic E-state index is -4.97. The Morgan fingerprint density at radius 1 is 0.909 bits per heavy atom. The van der Waals surface area contributed by atoms with Crippen LogP contribution in [0.3, 0.4) is 0 Å². The van der Waals surface area contributed by atoms with E-state index < -0.39 is 34.8 Å². The molecule has 3 heterocycles. The fourth-order valence-electron chi connectivity index (χ4n) is 5.85. The van der Waals surface area contributed by atoms with E-state index in [1.807, 2.05) is 44.5 Å². The molecule has 4 atom stereocenters. The van der Waals surface area contributed by atoms with Crippen molar-refractivity contribution in [3.05, 3.63) is 65.5 Å². The number of aromatic nitrogens is 2. The van der Waals surface area contributed by atoms with Crippen molar-refractivity contribution in [2.75, 3.05) is 48.3 Å². The van der Waals surface area contributed by atoms with Gasteiger partial charge in [0.25, 0.3) is 5.91 Å². The average Bonchev–Trinajstić information content (AvgIpc) is 2.95. The summed E-state index contributed by atoms with van der Waals surface area (Å²) < 4.78 is 76.5. The highest BCUT2D eigenvalue weighted by Crippen LogP contribution is 2.38. The Hall–Kier alpha value is -3.84. The molecule has 0 unspecified atom stereocenters. The molecular weight excluding hydrogens is 583 g/mol. The van der Waals surface area contributed by atoms with Crippen LogP contribution in [0, 0.1) is 11.6 Å². The van der Waals surface area contributed by atoms with Gasteiger partial charge in [0.2, 0.25) is 5.95 Å². The number of halogens is 5. The maximum atomic E-state index is 15.8. The highest BCUT2D eigenvalue weighted by molar-refractivity contribution is 6.07. The van der Waals surface area contributed by atoms with Crippen molar-refractivity contribution in [3.63, 3.8) is 0 Å². The quantitative estimate of drug-likeness (QED) is 0.361. The Balaban J connectivity index is 1.53. The van der Waals surface area contributed by atoms with E-state index in [4.69, 9.17) is 4.74 Å². The van der Waals surface area contributed by atoms with Gasteiger partial charge in [-0.05, 0) is 65.1 Å². The number of nitrogens with one attached hydrogen (secondary N) is 1. The number of anilines is 3. The molecule has 2 fully saturated rings. The van der Waals surface area contributed by atoms with E-state index in [1.54, 1.807) is 0 Å². The van der Waals surface area contributed by atoms with Crippen LogP contribution in [0.15, 0.2) is 42.7 Å². The van der Waals surface area contributed by atoms with Gasteiger partial charge in [0.1, 0.15) is 11.6 Å². The Bertz CT molecular complexity index is 1500. The first-order chi connectivity index (χ1) is 20.7. The molecule has 1 N–H and O–H groups in total. The fraction of sp³-hybridized carbons (Fsp3) is 0.452. The molecule has 3 aromatic rings. The molecule has 1 aromatic heterocycles. The molecule has 0 radical (unpaired) electrons. The second-order valence-corrected chi connectivity index (χ2v) is 11.7. The van der Waals surface area contributed by atoms with Gasteiger partial charge in [-0.1, -0.05) is 0 Å². The lowest BCUT2D eigenvalue weighted by atomic mass is 10.0. The SMILES string of the molecule is C[C@@H]1CN(c2ncc(-c3cc(NC(=O)c4ccc(F)cc4C(F)(F)F)c(N4C[C@@H](C)N(C)[C@@H](C)C4)cc3F)cn2)C[C@H](C)O1. The third-order valence-electron chi connectivity index (χ3n) is 8.22. The number of benzene rings is 2. The number of carbonyl (C=O) groups excluding carboxylic acids is 1. The molecule has 2 saturated heterocycles. The largest absolute Gasteiger partial charge is 0.417 e. The standard InChI is InChI=1S/C31H35F5N6O2/c1-17-13-41(14-18(2)40(17)5)28-10-26(33)24(21-11-37-30(38-12-21)42-15-19(3)44-20(4)16-42)9-27(28)39-29(43)23-7-6-22(32)8-25(23)31(34,35)36/h6-12,17-20H,13-16H2,1-5H3,(H,39,43)/t17-,18+,19-,20+. The van der Waals surface area contributed by atoms with Crippen LogP contribution < -0.4 is 15.1 Å². The number of morpholine rings is 1. The van der Waals surface area contributed by atoms with Gasteiger partial charge in [-0.25, -0.2) is 18.7 Å². The number of alkyl halides is 3. The lowest BCUT2D eigenvalue weighted by Crippen LogP contribution is -2.55. The molecule has 5 rings (SSSR count). The number of rotatable bonds is 5. The van der Waals surface area contributed by atoms with E-state index in [2.05, 4.69) is 20.2 Å². The Kier molecular flexibility index (Phi) is 8.81. The van der Waals surface area contributed by atoms with E-state index >= 15 is 4.39 Å². The van der Waals surface area contributed by atoms with Crippen molar-refractivity contribution in [2.45, 2.75) is 58.2 Å². The smallest absolute Gasteiger partial charge is 0.372 e. The molecule has 44 heavy (non-hydrogen) atoms. The Morgan fingerprint density at radius 2 is 1.52 bits per heavy atom. The molecule has 2 aliphatic heterocycles. The molecule has 236 valence electrons. The maximum Gasteiger partial charge on any atom is 0.417 e. The van der Waals surface area contributed by atoms with Gasteiger partial charge in [0.15, 0.2) is 0 Å². The van der Waals surface area contributed by atoms with Crippen LogP contribution in [0.4, 0.5) is 39.3 Å². The number of piperazine rings is 1. The predicted molar refractivity (Wildman–Crippen MR) is 158 cm³/mol. The van der Waals surface area contributed by atoms with E-state index in [1.165, 1.54) is 24.5 Å². The zero-order chi connectivity index (χ0) is 31.9.